The SMILES string of the molecule is CC(C)(C(=O)CCc1ccc(Cl)c(C(=O)Cc2ccc(OCC(F)F)c(C(=O)NCC(F)(F)C(F)(F)F)c2)c1)C(F)(F)F. The van der Waals surface area contributed by atoms with Gasteiger partial charge < -0.3 is 10.1 Å². The quantitative estimate of drug-likeness (QED) is 0.181. The monoisotopic (exact) mass is 651 g/mol. The van der Waals surface area contributed by atoms with Crippen molar-refractivity contribution in [3.63, 3.8) is 0 Å². The lowest BCUT2D eigenvalue weighted by Gasteiger charge is -2.26. The maximum atomic E-state index is 13.3. The van der Waals surface area contributed by atoms with E-state index in [0.717, 1.165) is 32.0 Å². The maximum absolute atomic E-state index is 13.3. The fourth-order valence-corrected chi connectivity index (χ4v) is 3.70. The molecule has 0 fully saturated rings. The number of halogens is 11. The standard InChI is InChI=1S/C27H24ClF10NO4/c1-24(2,26(33,34)35)21(41)8-5-14-3-6-18(28)16(9-14)19(40)11-15-4-7-20(43-12-22(29)30)17(10-15)23(42)39-13-25(31,32)27(36,37)38/h3-4,6-7,9-10,22H,5,8,11-13H2,1-2H3,(H,39,42). The van der Waals surface area contributed by atoms with Gasteiger partial charge in [-0.15, -0.1) is 0 Å². The van der Waals surface area contributed by atoms with Gasteiger partial charge in [0, 0.05) is 18.4 Å². The van der Waals surface area contributed by atoms with Gasteiger partial charge in [-0.2, -0.15) is 35.1 Å². The molecule has 2 rings (SSSR count). The molecule has 0 unspecified atom stereocenters. The van der Waals surface area contributed by atoms with Crippen LogP contribution in [0.2, 0.25) is 5.02 Å². The molecule has 5 nitrogen and oxygen atoms in total. The molecule has 0 spiro atoms. The highest BCUT2D eigenvalue weighted by atomic mass is 35.5. The third kappa shape index (κ3) is 9.31. The number of benzene rings is 2. The van der Waals surface area contributed by atoms with Gasteiger partial charge in [-0.25, -0.2) is 8.78 Å². The van der Waals surface area contributed by atoms with Crippen molar-refractivity contribution >= 4 is 29.1 Å². The summed E-state index contributed by atoms with van der Waals surface area (Å²) in [5, 5.41) is 1.28. The van der Waals surface area contributed by atoms with E-state index in [-0.39, 0.29) is 22.6 Å². The zero-order valence-electron chi connectivity index (χ0n) is 22.4. The first-order valence-corrected chi connectivity index (χ1v) is 12.6. The van der Waals surface area contributed by atoms with Gasteiger partial charge >= 0.3 is 18.3 Å². The summed E-state index contributed by atoms with van der Waals surface area (Å²) in [6.45, 7) is -1.93. The van der Waals surface area contributed by atoms with E-state index < -0.39 is 84.9 Å². The molecule has 0 bridgehead atoms. The van der Waals surface area contributed by atoms with Gasteiger partial charge in [0.25, 0.3) is 12.3 Å². The van der Waals surface area contributed by atoms with Crippen molar-refractivity contribution in [2.75, 3.05) is 13.2 Å². The van der Waals surface area contributed by atoms with Crippen molar-refractivity contribution in [3.05, 3.63) is 63.7 Å². The number of ether oxygens (including phenoxy) is 1. The fraction of sp³-hybridized carbons (Fsp3) is 0.444. The summed E-state index contributed by atoms with van der Waals surface area (Å²) >= 11 is 6.10. The number of carbonyl (C=O) groups is 3. The van der Waals surface area contributed by atoms with Gasteiger partial charge in [0.2, 0.25) is 0 Å². The van der Waals surface area contributed by atoms with E-state index in [1.165, 1.54) is 23.5 Å². The lowest BCUT2D eigenvalue weighted by Crippen LogP contribution is -2.46. The highest BCUT2D eigenvalue weighted by Gasteiger charge is 2.57. The molecule has 1 amide bonds. The van der Waals surface area contributed by atoms with E-state index in [2.05, 4.69) is 0 Å². The Morgan fingerprint density at radius 2 is 1.44 bits per heavy atom. The number of carbonyl (C=O) groups excluding carboxylic acids is 3. The summed E-state index contributed by atoms with van der Waals surface area (Å²) in [4.78, 5) is 37.6. The van der Waals surface area contributed by atoms with Crippen LogP contribution < -0.4 is 10.1 Å². The molecule has 0 radical (unpaired) electrons. The lowest BCUT2D eigenvalue weighted by molar-refractivity contribution is -0.278. The zero-order valence-corrected chi connectivity index (χ0v) is 23.1. The minimum absolute atomic E-state index is 0.0225. The number of aryl methyl sites for hydroxylation is 1. The van der Waals surface area contributed by atoms with Crippen LogP contribution in [-0.4, -0.2) is 55.3 Å². The van der Waals surface area contributed by atoms with Crippen LogP contribution in [0.3, 0.4) is 0 Å². The number of Topliss-reactive ketones (excluding diaryl/α,β-unsaturated/α-hetero) is 2. The van der Waals surface area contributed by atoms with E-state index in [4.69, 9.17) is 16.3 Å². The second kappa shape index (κ2) is 13.5. The highest BCUT2D eigenvalue weighted by molar-refractivity contribution is 6.34. The summed E-state index contributed by atoms with van der Waals surface area (Å²) in [7, 11) is 0. The number of rotatable bonds is 13. The summed E-state index contributed by atoms with van der Waals surface area (Å²) in [5.74, 6) is -9.24. The number of amides is 1. The molecule has 43 heavy (non-hydrogen) atoms. The first-order chi connectivity index (χ1) is 19.6. The molecule has 0 atom stereocenters. The van der Waals surface area contributed by atoms with Gasteiger partial charge in [0.15, 0.2) is 5.78 Å². The third-order valence-electron chi connectivity index (χ3n) is 6.28. The molecule has 1 N–H and O–H groups in total. The number of hydrogen-bond donors (Lipinski definition) is 1. The second-order valence-electron chi connectivity index (χ2n) is 9.88. The predicted octanol–water partition coefficient (Wildman–Crippen LogP) is 7.43. The minimum Gasteiger partial charge on any atom is -0.487 e. The molecular formula is C27H24ClF10NO4. The Hall–Kier alpha value is -3.36. The smallest absolute Gasteiger partial charge is 0.455 e. The third-order valence-corrected chi connectivity index (χ3v) is 6.61. The Kier molecular flexibility index (Phi) is 11.3. The molecule has 0 aromatic heterocycles. The summed E-state index contributed by atoms with van der Waals surface area (Å²) in [5.41, 5.74) is -3.17. The van der Waals surface area contributed by atoms with Gasteiger partial charge in [-0.05, 0) is 55.7 Å². The van der Waals surface area contributed by atoms with Crippen molar-refractivity contribution in [1.82, 2.24) is 5.32 Å². The Labute approximate surface area is 243 Å². The molecule has 0 heterocycles. The van der Waals surface area contributed by atoms with Crippen LogP contribution in [0, 0.1) is 5.41 Å². The fourth-order valence-electron chi connectivity index (χ4n) is 3.48. The predicted molar refractivity (Wildman–Crippen MR) is 134 cm³/mol. The molecule has 0 aliphatic rings. The summed E-state index contributed by atoms with van der Waals surface area (Å²) in [6.07, 6.45) is -15.0. The average Bonchev–Trinajstić information content (AvgIpc) is 2.88. The van der Waals surface area contributed by atoms with Crippen molar-refractivity contribution in [2.24, 2.45) is 5.41 Å². The summed E-state index contributed by atoms with van der Waals surface area (Å²) < 4.78 is 133. The van der Waals surface area contributed by atoms with Crippen molar-refractivity contribution < 1.29 is 63.0 Å². The normalized spacial score (nSPS) is 12.8. The number of hydrogen-bond acceptors (Lipinski definition) is 4. The van der Waals surface area contributed by atoms with E-state index in [1.807, 2.05) is 0 Å². The van der Waals surface area contributed by atoms with Crippen molar-refractivity contribution in [1.29, 1.82) is 0 Å². The van der Waals surface area contributed by atoms with Crippen LogP contribution in [0.1, 0.15) is 52.1 Å². The minimum atomic E-state index is -5.99. The molecule has 16 heteroatoms. The molecule has 2 aromatic carbocycles. The highest BCUT2D eigenvalue weighted by Crippen LogP contribution is 2.39. The Morgan fingerprint density at radius 1 is 0.860 bits per heavy atom. The van der Waals surface area contributed by atoms with Crippen molar-refractivity contribution in [2.45, 2.75) is 57.8 Å². The lowest BCUT2D eigenvalue weighted by atomic mass is 9.84. The first kappa shape index (κ1) is 35.8. The summed E-state index contributed by atoms with van der Waals surface area (Å²) in [6, 6.07) is 6.86. The van der Waals surface area contributed by atoms with Crippen LogP contribution in [0.25, 0.3) is 0 Å². The van der Waals surface area contributed by atoms with Crippen LogP contribution in [0.4, 0.5) is 43.9 Å². The van der Waals surface area contributed by atoms with Crippen LogP contribution >= 0.6 is 11.6 Å². The Bertz CT molecular complexity index is 1340. The van der Waals surface area contributed by atoms with Gasteiger partial charge in [0.1, 0.15) is 23.6 Å². The van der Waals surface area contributed by atoms with E-state index in [1.54, 1.807) is 0 Å². The van der Waals surface area contributed by atoms with Gasteiger partial charge in [0.05, 0.1) is 17.1 Å². The molecule has 0 saturated heterocycles. The molecule has 2 aromatic rings. The van der Waals surface area contributed by atoms with Gasteiger partial charge in [-0.3, -0.25) is 14.4 Å². The largest absolute Gasteiger partial charge is 0.487 e. The second-order valence-corrected chi connectivity index (χ2v) is 10.3. The molecule has 238 valence electrons. The zero-order chi connectivity index (χ0) is 33.0. The van der Waals surface area contributed by atoms with Gasteiger partial charge in [-0.1, -0.05) is 23.7 Å². The molecule has 0 saturated carbocycles. The first-order valence-electron chi connectivity index (χ1n) is 12.2. The topological polar surface area (TPSA) is 72.5 Å². The molecular weight excluding hydrogens is 628 g/mol. The van der Waals surface area contributed by atoms with E-state index >= 15 is 0 Å². The van der Waals surface area contributed by atoms with Crippen LogP contribution in [0.5, 0.6) is 5.75 Å². The number of ketones is 2. The van der Waals surface area contributed by atoms with Crippen LogP contribution in [0.15, 0.2) is 36.4 Å². The van der Waals surface area contributed by atoms with E-state index in [9.17, 15) is 58.3 Å². The Balaban J connectivity index is 2.28. The van der Waals surface area contributed by atoms with Crippen LogP contribution in [-0.2, 0) is 17.6 Å². The Morgan fingerprint density at radius 3 is 2.00 bits per heavy atom. The molecule has 0 aliphatic heterocycles. The average molecular weight is 652 g/mol. The number of nitrogens with one attached hydrogen (secondary N) is 1. The molecule has 0 aliphatic carbocycles. The van der Waals surface area contributed by atoms with E-state index in [0.29, 0.717) is 5.56 Å². The van der Waals surface area contributed by atoms with Crippen molar-refractivity contribution in [3.8, 4) is 5.75 Å². The maximum Gasteiger partial charge on any atom is 0.455 e. The number of alkyl halides is 10.